The quantitative estimate of drug-likeness (QED) is 0.746. The molecule has 0 saturated heterocycles. The van der Waals surface area contributed by atoms with E-state index in [-0.39, 0.29) is 6.04 Å². The highest BCUT2D eigenvalue weighted by atomic mass is 15.1. The number of hydrogen-bond acceptors (Lipinski definition) is 3. The van der Waals surface area contributed by atoms with Gasteiger partial charge in [-0.15, -0.1) is 0 Å². The average Bonchev–Trinajstić information content (AvgIpc) is 2.78. The fraction of sp³-hybridized carbons (Fsp3) is 0.273. The Balaban J connectivity index is 2.03. The molecule has 0 radical (unpaired) electrons. The van der Waals surface area contributed by atoms with Gasteiger partial charge in [-0.1, -0.05) is 6.07 Å². The van der Waals surface area contributed by atoms with Crippen LogP contribution in [0.2, 0.25) is 0 Å². The van der Waals surface area contributed by atoms with Gasteiger partial charge in [0.2, 0.25) is 0 Å². The summed E-state index contributed by atoms with van der Waals surface area (Å²) in [7, 11) is 0. The molecular formula is C11H12N4. The van der Waals surface area contributed by atoms with Gasteiger partial charge in [0.05, 0.1) is 24.3 Å². The molecule has 2 aromatic rings. The molecule has 0 spiro atoms. The maximum atomic E-state index is 4.18. The normalized spacial score (nSPS) is 19.9. The molecule has 0 bridgehead atoms. The summed E-state index contributed by atoms with van der Waals surface area (Å²) in [4.78, 5) is 8.33. The molecule has 4 nitrogen and oxygen atoms in total. The predicted octanol–water partition coefficient (Wildman–Crippen LogP) is 0.971. The molecule has 3 rings (SSSR count). The van der Waals surface area contributed by atoms with E-state index in [2.05, 4.69) is 25.9 Å². The van der Waals surface area contributed by atoms with E-state index >= 15 is 0 Å². The van der Waals surface area contributed by atoms with Crippen molar-refractivity contribution in [1.29, 1.82) is 0 Å². The van der Waals surface area contributed by atoms with E-state index in [1.54, 1.807) is 6.20 Å². The number of aromatic nitrogens is 3. The summed E-state index contributed by atoms with van der Waals surface area (Å²) in [5.74, 6) is 0. The third-order valence-corrected chi connectivity index (χ3v) is 2.76. The zero-order valence-corrected chi connectivity index (χ0v) is 8.30. The lowest BCUT2D eigenvalue weighted by Crippen LogP contribution is -2.33. The van der Waals surface area contributed by atoms with Crippen LogP contribution < -0.4 is 5.32 Å². The van der Waals surface area contributed by atoms with Gasteiger partial charge < -0.3 is 9.88 Å². The monoisotopic (exact) mass is 200 g/mol. The van der Waals surface area contributed by atoms with E-state index in [4.69, 9.17) is 0 Å². The van der Waals surface area contributed by atoms with Crippen molar-refractivity contribution in [3.05, 3.63) is 48.3 Å². The van der Waals surface area contributed by atoms with Crippen LogP contribution in [0.3, 0.4) is 0 Å². The number of hydrogen-bond donors (Lipinski definition) is 1. The maximum Gasteiger partial charge on any atom is 0.0949 e. The van der Waals surface area contributed by atoms with Gasteiger partial charge in [0.15, 0.2) is 0 Å². The lowest BCUT2D eigenvalue weighted by atomic mass is 10.0. The zero-order valence-electron chi connectivity index (χ0n) is 8.30. The Kier molecular flexibility index (Phi) is 1.99. The lowest BCUT2D eigenvalue weighted by Gasteiger charge is -2.25. The van der Waals surface area contributed by atoms with E-state index in [9.17, 15) is 0 Å². The SMILES string of the molecule is c1cncc(C2NCCn3cncc32)c1. The van der Waals surface area contributed by atoms with E-state index in [0.29, 0.717) is 0 Å². The van der Waals surface area contributed by atoms with Crippen LogP contribution in [0.25, 0.3) is 0 Å². The summed E-state index contributed by atoms with van der Waals surface area (Å²) >= 11 is 0. The van der Waals surface area contributed by atoms with E-state index in [1.165, 1.54) is 11.3 Å². The van der Waals surface area contributed by atoms with Gasteiger partial charge >= 0.3 is 0 Å². The molecule has 15 heavy (non-hydrogen) atoms. The van der Waals surface area contributed by atoms with Crippen LogP contribution in [0, 0.1) is 0 Å². The zero-order chi connectivity index (χ0) is 10.1. The second-order valence-corrected chi connectivity index (χ2v) is 3.69. The lowest BCUT2D eigenvalue weighted by molar-refractivity contribution is 0.466. The van der Waals surface area contributed by atoms with Crippen LogP contribution in [-0.4, -0.2) is 21.1 Å². The van der Waals surface area contributed by atoms with Gasteiger partial charge in [0.25, 0.3) is 0 Å². The Morgan fingerprint density at radius 1 is 1.33 bits per heavy atom. The van der Waals surface area contributed by atoms with E-state index < -0.39 is 0 Å². The molecule has 0 fully saturated rings. The molecule has 1 aliphatic rings. The van der Waals surface area contributed by atoms with Crippen LogP contribution in [0.4, 0.5) is 0 Å². The number of nitrogens with zero attached hydrogens (tertiary/aromatic N) is 3. The van der Waals surface area contributed by atoms with Gasteiger partial charge in [-0.25, -0.2) is 4.98 Å². The summed E-state index contributed by atoms with van der Waals surface area (Å²) in [5, 5.41) is 3.48. The molecular weight excluding hydrogens is 188 g/mol. The largest absolute Gasteiger partial charge is 0.332 e. The molecule has 1 N–H and O–H groups in total. The van der Waals surface area contributed by atoms with E-state index in [1.807, 2.05) is 24.8 Å². The number of nitrogens with one attached hydrogen (secondary N) is 1. The van der Waals surface area contributed by atoms with Crippen molar-refractivity contribution in [2.75, 3.05) is 6.54 Å². The topological polar surface area (TPSA) is 42.7 Å². The fourth-order valence-electron chi connectivity index (χ4n) is 2.03. The molecule has 1 atom stereocenters. The highest BCUT2D eigenvalue weighted by Gasteiger charge is 2.21. The van der Waals surface area contributed by atoms with Crippen molar-refractivity contribution in [1.82, 2.24) is 19.9 Å². The summed E-state index contributed by atoms with van der Waals surface area (Å²) < 4.78 is 2.19. The Morgan fingerprint density at radius 3 is 3.20 bits per heavy atom. The minimum absolute atomic E-state index is 0.231. The minimum Gasteiger partial charge on any atom is -0.332 e. The van der Waals surface area contributed by atoms with Crippen molar-refractivity contribution >= 4 is 0 Å². The number of imidazole rings is 1. The van der Waals surface area contributed by atoms with Crippen LogP contribution >= 0.6 is 0 Å². The smallest absolute Gasteiger partial charge is 0.0949 e. The van der Waals surface area contributed by atoms with Gasteiger partial charge in [-0.05, 0) is 11.6 Å². The Bertz CT molecular complexity index is 449. The number of rotatable bonds is 1. The van der Waals surface area contributed by atoms with E-state index in [0.717, 1.165) is 13.1 Å². The molecule has 2 aromatic heterocycles. The maximum absolute atomic E-state index is 4.18. The summed E-state index contributed by atoms with van der Waals surface area (Å²) in [6.07, 6.45) is 7.51. The molecule has 0 aliphatic carbocycles. The summed E-state index contributed by atoms with van der Waals surface area (Å²) in [6, 6.07) is 4.29. The van der Waals surface area contributed by atoms with Crippen LogP contribution in [0.1, 0.15) is 17.3 Å². The molecule has 1 unspecified atom stereocenters. The third kappa shape index (κ3) is 1.43. The van der Waals surface area contributed by atoms with Crippen LogP contribution in [0.5, 0.6) is 0 Å². The minimum atomic E-state index is 0.231. The summed E-state index contributed by atoms with van der Waals surface area (Å²) in [5.41, 5.74) is 2.41. The first-order valence-electron chi connectivity index (χ1n) is 5.08. The first kappa shape index (κ1) is 8.61. The molecule has 4 heteroatoms. The Morgan fingerprint density at radius 2 is 2.33 bits per heavy atom. The van der Waals surface area contributed by atoms with Crippen molar-refractivity contribution in [2.24, 2.45) is 0 Å². The summed E-state index contributed by atoms with van der Waals surface area (Å²) in [6.45, 7) is 1.97. The second kappa shape index (κ2) is 3.47. The first-order chi connectivity index (χ1) is 7.45. The van der Waals surface area contributed by atoms with Crippen LogP contribution in [-0.2, 0) is 6.54 Å². The first-order valence-corrected chi connectivity index (χ1v) is 5.08. The fourth-order valence-corrected chi connectivity index (χ4v) is 2.03. The van der Waals surface area contributed by atoms with Gasteiger partial charge in [-0.3, -0.25) is 4.98 Å². The van der Waals surface area contributed by atoms with Crippen molar-refractivity contribution in [2.45, 2.75) is 12.6 Å². The highest BCUT2D eigenvalue weighted by Crippen LogP contribution is 2.23. The molecule has 3 heterocycles. The Labute approximate surface area is 88.0 Å². The second-order valence-electron chi connectivity index (χ2n) is 3.69. The van der Waals surface area contributed by atoms with Crippen molar-refractivity contribution < 1.29 is 0 Å². The highest BCUT2D eigenvalue weighted by molar-refractivity contribution is 5.25. The molecule has 0 aromatic carbocycles. The third-order valence-electron chi connectivity index (χ3n) is 2.76. The molecule has 0 amide bonds. The number of pyridine rings is 1. The van der Waals surface area contributed by atoms with Crippen molar-refractivity contribution in [3.8, 4) is 0 Å². The molecule has 1 aliphatic heterocycles. The Hall–Kier alpha value is -1.68. The molecule has 76 valence electrons. The van der Waals surface area contributed by atoms with Crippen LogP contribution in [0.15, 0.2) is 37.1 Å². The van der Waals surface area contributed by atoms with Gasteiger partial charge in [-0.2, -0.15) is 0 Å². The number of fused-ring (bicyclic) bond motifs is 1. The standard InChI is InChI=1S/C11H12N4/c1-2-9(6-12-3-1)11-10-7-13-8-15(10)5-4-14-11/h1-3,6-8,11,14H,4-5H2. The predicted molar refractivity (Wildman–Crippen MR) is 56.3 cm³/mol. The molecule has 0 saturated carbocycles. The average molecular weight is 200 g/mol. The van der Waals surface area contributed by atoms with Gasteiger partial charge in [0.1, 0.15) is 0 Å². The van der Waals surface area contributed by atoms with Crippen molar-refractivity contribution in [3.63, 3.8) is 0 Å². The van der Waals surface area contributed by atoms with Gasteiger partial charge in [0, 0.05) is 25.5 Å².